The molecule has 2 aromatic heterocycles. The van der Waals surface area contributed by atoms with E-state index in [0.717, 1.165) is 15.8 Å². The summed E-state index contributed by atoms with van der Waals surface area (Å²) in [6, 6.07) is 8.17. The van der Waals surface area contributed by atoms with Crippen molar-refractivity contribution in [2.45, 2.75) is 20.3 Å². The Morgan fingerprint density at radius 2 is 2.25 bits per heavy atom. The van der Waals surface area contributed by atoms with Crippen LogP contribution < -0.4 is 5.73 Å². The van der Waals surface area contributed by atoms with Gasteiger partial charge in [0.2, 0.25) is 5.13 Å². The highest BCUT2D eigenvalue weighted by Gasteiger charge is 2.17. The maximum atomic E-state index is 9.17. The van der Waals surface area contributed by atoms with Crippen molar-refractivity contribution in [2.75, 3.05) is 5.73 Å². The number of para-hydroxylation sites is 1. The lowest BCUT2D eigenvalue weighted by Gasteiger charge is -1.97. The molecule has 3 aromatic rings. The summed E-state index contributed by atoms with van der Waals surface area (Å²) in [6.07, 6.45) is 0.671. The van der Waals surface area contributed by atoms with E-state index in [0.29, 0.717) is 28.6 Å². The van der Waals surface area contributed by atoms with Gasteiger partial charge in [-0.3, -0.25) is 0 Å². The van der Waals surface area contributed by atoms with Crippen LogP contribution in [0.2, 0.25) is 0 Å². The molecule has 2 N–H and O–H groups in total. The number of fused-ring (bicyclic) bond motifs is 1. The van der Waals surface area contributed by atoms with Gasteiger partial charge in [-0.05, 0) is 25.0 Å². The van der Waals surface area contributed by atoms with Gasteiger partial charge in [0.15, 0.2) is 0 Å². The lowest BCUT2D eigenvalue weighted by atomic mass is 10.2. The van der Waals surface area contributed by atoms with Gasteiger partial charge < -0.3 is 5.73 Å². The fourth-order valence-corrected chi connectivity index (χ4v) is 3.17. The smallest absolute Gasteiger partial charge is 0.213 e. The number of nitriles is 1. The van der Waals surface area contributed by atoms with Crippen LogP contribution in [0.4, 0.5) is 5.82 Å². The van der Waals surface area contributed by atoms with Crippen LogP contribution in [0, 0.1) is 18.3 Å². The third-order valence-corrected chi connectivity index (χ3v) is 4.23. The number of aryl methyl sites for hydroxylation is 2. The first-order chi connectivity index (χ1) is 9.65. The second-order valence-corrected chi connectivity index (χ2v) is 5.51. The van der Waals surface area contributed by atoms with E-state index in [4.69, 9.17) is 5.73 Å². The second-order valence-electron chi connectivity index (χ2n) is 4.50. The van der Waals surface area contributed by atoms with E-state index in [1.54, 1.807) is 4.68 Å². The molecule has 0 bridgehead atoms. The fourth-order valence-electron chi connectivity index (χ4n) is 2.16. The quantitative estimate of drug-likeness (QED) is 0.784. The number of rotatable bonds is 2. The molecule has 0 amide bonds. The van der Waals surface area contributed by atoms with Gasteiger partial charge in [-0.2, -0.15) is 15.0 Å². The van der Waals surface area contributed by atoms with E-state index in [9.17, 15) is 5.26 Å². The van der Waals surface area contributed by atoms with Crippen molar-refractivity contribution >= 4 is 27.4 Å². The third-order valence-electron chi connectivity index (χ3n) is 3.23. The van der Waals surface area contributed by atoms with Gasteiger partial charge in [0.1, 0.15) is 17.5 Å². The highest BCUT2D eigenvalue weighted by atomic mass is 32.1. The van der Waals surface area contributed by atoms with Crippen LogP contribution in [0.25, 0.3) is 15.3 Å². The van der Waals surface area contributed by atoms with E-state index < -0.39 is 0 Å². The van der Waals surface area contributed by atoms with Crippen LogP contribution in [-0.2, 0) is 6.42 Å². The predicted octanol–water partition coefficient (Wildman–Crippen LogP) is 2.81. The minimum Gasteiger partial charge on any atom is -0.382 e. The zero-order chi connectivity index (χ0) is 14.3. The minimum atomic E-state index is 0.362. The fraction of sp³-hybridized carbons (Fsp3) is 0.214. The Balaban J connectivity index is 2.24. The van der Waals surface area contributed by atoms with Crippen molar-refractivity contribution < 1.29 is 0 Å². The number of nitrogens with two attached hydrogens (primary N) is 1. The number of nitrogens with zero attached hydrogens (tertiary/aromatic N) is 4. The Labute approximate surface area is 120 Å². The average molecular weight is 283 g/mol. The molecular weight excluding hydrogens is 270 g/mol. The first-order valence-electron chi connectivity index (χ1n) is 6.29. The molecule has 0 aliphatic carbocycles. The molecule has 20 heavy (non-hydrogen) atoms. The number of benzene rings is 1. The van der Waals surface area contributed by atoms with Gasteiger partial charge in [-0.25, -0.2) is 4.98 Å². The van der Waals surface area contributed by atoms with Gasteiger partial charge in [-0.15, -0.1) is 0 Å². The Kier molecular flexibility index (Phi) is 2.92. The predicted molar refractivity (Wildman–Crippen MR) is 80.0 cm³/mol. The molecule has 5 nitrogen and oxygen atoms in total. The van der Waals surface area contributed by atoms with Crippen LogP contribution in [0.3, 0.4) is 0 Å². The van der Waals surface area contributed by atoms with Gasteiger partial charge in [0, 0.05) is 0 Å². The van der Waals surface area contributed by atoms with E-state index in [2.05, 4.69) is 16.2 Å². The average Bonchev–Trinajstić information content (AvgIpc) is 3.00. The molecule has 0 saturated heterocycles. The van der Waals surface area contributed by atoms with Crippen molar-refractivity contribution in [2.24, 2.45) is 0 Å². The Morgan fingerprint density at radius 3 is 2.85 bits per heavy atom. The van der Waals surface area contributed by atoms with Crippen molar-refractivity contribution in [3.8, 4) is 11.2 Å². The lowest BCUT2D eigenvalue weighted by molar-refractivity contribution is 0.843. The summed E-state index contributed by atoms with van der Waals surface area (Å²) in [4.78, 5) is 4.60. The molecule has 6 heteroatoms. The molecule has 3 rings (SSSR count). The summed E-state index contributed by atoms with van der Waals surface area (Å²) in [5.74, 6) is 0.362. The van der Waals surface area contributed by atoms with Crippen molar-refractivity contribution in [3.63, 3.8) is 0 Å². The number of hydrogen-bond acceptors (Lipinski definition) is 5. The summed E-state index contributed by atoms with van der Waals surface area (Å²) in [5.41, 5.74) is 9.26. The summed E-state index contributed by atoms with van der Waals surface area (Å²) in [6.45, 7) is 3.98. The number of hydrogen-bond donors (Lipinski definition) is 1. The molecule has 0 atom stereocenters. The zero-order valence-electron chi connectivity index (χ0n) is 11.2. The van der Waals surface area contributed by atoms with E-state index >= 15 is 0 Å². The van der Waals surface area contributed by atoms with Crippen molar-refractivity contribution in [1.29, 1.82) is 5.26 Å². The van der Waals surface area contributed by atoms with Crippen LogP contribution in [0.5, 0.6) is 0 Å². The largest absolute Gasteiger partial charge is 0.382 e. The van der Waals surface area contributed by atoms with Gasteiger partial charge in [0.25, 0.3) is 0 Å². The minimum absolute atomic E-state index is 0.362. The van der Waals surface area contributed by atoms with Crippen LogP contribution >= 0.6 is 11.3 Å². The monoisotopic (exact) mass is 283 g/mol. The number of thiazole rings is 1. The van der Waals surface area contributed by atoms with Crippen LogP contribution in [-0.4, -0.2) is 14.8 Å². The summed E-state index contributed by atoms with van der Waals surface area (Å²) >= 11 is 1.52. The number of nitrogen functional groups attached to an aromatic ring is 1. The Morgan fingerprint density at radius 1 is 1.45 bits per heavy atom. The van der Waals surface area contributed by atoms with Gasteiger partial charge in [-0.1, -0.05) is 30.4 Å². The molecule has 100 valence electrons. The molecule has 1 aromatic carbocycles. The van der Waals surface area contributed by atoms with Crippen molar-refractivity contribution in [1.82, 2.24) is 14.8 Å². The molecule has 0 aliphatic rings. The normalized spacial score (nSPS) is 10.8. The van der Waals surface area contributed by atoms with Crippen molar-refractivity contribution in [3.05, 3.63) is 35.0 Å². The highest BCUT2D eigenvalue weighted by Crippen LogP contribution is 2.29. The maximum Gasteiger partial charge on any atom is 0.213 e. The molecule has 0 aliphatic heterocycles. The van der Waals surface area contributed by atoms with Crippen LogP contribution in [0.1, 0.15) is 23.7 Å². The van der Waals surface area contributed by atoms with Gasteiger partial charge >= 0.3 is 0 Å². The molecule has 0 unspecified atom stereocenters. The zero-order valence-corrected chi connectivity index (χ0v) is 12.0. The van der Waals surface area contributed by atoms with Gasteiger partial charge in [0.05, 0.1) is 15.9 Å². The first-order valence-corrected chi connectivity index (χ1v) is 7.11. The van der Waals surface area contributed by atoms with E-state index in [1.807, 2.05) is 32.0 Å². The standard InChI is InChI=1S/C14H13N5S/c1-3-10-9(7-15)13(16)19(18-10)14-17-12-8(2)5-4-6-11(12)20-14/h4-6H,3,16H2,1-2H3. The molecule has 2 heterocycles. The SMILES string of the molecule is CCc1nn(-c2nc3c(C)cccc3s2)c(N)c1C#N. The molecule has 0 saturated carbocycles. The summed E-state index contributed by atoms with van der Waals surface area (Å²) in [7, 11) is 0. The molecule has 0 fully saturated rings. The lowest BCUT2D eigenvalue weighted by Crippen LogP contribution is -2.01. The second kappa shape index (κ2) is 4.62. The topological polar surface area (TPSA) is 80.5 Å². The first kappa shape index (κ1) is 12.6. The summed E-state index contributed by atoms with van der Waals surface area (Å²) < 4.78 is 2.66. The van der Waals surface area contributed by atoms with E-state index in [-0.39, 0.29) is 0 Å². The highest BCUT2D eigenvalue weighted by molar-refractivity contribution is 7.20. The Hall–Kier alpha value is -2.39. The maximum absolute atomic E-state index is 9.17. The van der Waals surface area contributed by atoms with Crippen LogP contribution in [0.15, 0.2) is 18.2 Å². The van der Waals surface area contributed by atoms with E-state index in [1.165, 1.54) is 11.3 Å². The molecular formula is C14H13N5S. The molecule has 0 spiro atoms. The number of aromatic nitrogens is 3. The Bertz CT molecular complexity index is 837. The third kappa shape index (κ3) is 1.75. The molecule has 0 radical (unpaired) electrons. The summed E-state index contributed by atoms with van der Waals surface area (Å²) in [5, 5.41) is 14.3. The number of anilines is 1.